The Labute approximate surface area is 200 Å². The molecule has 0 bridgehead atoms. The Hall–Kier alpha value is -2.83. The summed E-state index contributed by atoms with van der Waals surface area (Å²) in [5.74, 6) is -0.387. The van der Waals surface area contributed by atoms with Crippen LogP contribution < -0.4 is 9.62 Å². The van der Waals surface area contributed by atoms with Gasteiger partial charge >= 0.3 is 0 Å². The van der Waals surface area contributed by atoms with Crippen LogP contribution >= 0.6 is 11.6 Å². The van der Waals surface area contributed by atoms with E-state index in [1.54, 1.807) is 43.3 Å². The molecule has 7 heteroatoms. The third-order valence-corrected chi connectivity index (χ3v) is 8.31. The van der Waals surface area contributed by atoms with Crippen LogP contribution in [0.3, 0.4) is 0 Å². The standard InChI is InChI=1S/C26H27ClN2O3S/c1-18-24(27)12-7-13-25(18)29(33(31,32)23-10-4-3-5-11-23)17-26(30)28-19(2)21-15-14-20-8-6-9-22(20)16-21/h3-5,7,10-16,19H,6,8-9,17H2,1-2H3,(H,28,30). The highest BCUT2D eigenvalue weighted by Crippen LogP contribution is 2.31. The van der Waals surface area contributed by atoms with Crippen LogP contribution in [0.2, 0.25) is 5.02 Å². The average Bonchev–Trinajstić information content (AvgIpc) is 3.28. The summed E-state index contributed by atoms with van der Waals surface area (Å²) < 4.78 is 28.2. The van der Waals surface area contributed by atoms with Crippen LogP contribution in [0.5, 0.6) is 0 Å². The molecule has 0 aromatic heterocycles. The Bertz CT molecular complexity index is 1280. The maximum absolute atomic E-state index is 13.5. The number of halogens is 1. The lowest BCUT2D eigenvalue weighted by molar-refractivity contribution is -0.120. The smallest absolute Gasteiger partial charge is 0.264 e. The van der Waals surface area contributed by atoms with Crippen LogP contribution in [0.1, 0.15) is 41.6 Å². The molecular weight excluding hydrogens is 456 g/mol. The molecule has 1 atom stereocenters. The van der Waals surface area contributed by atoms with Crippen LogP contribution in [0.25, 0.3) is 0 Å². The molecule has 1 unspecified atom stereocenters. The van der Waals surface area contributed by atoms with E-state index in [9.17, 15) is 13.2 Å². The largest absolute Gasteiger partial charge is 0.348 e. The Morgan fingerprint density at radius 3 is 2.52 bits per heavy atom. The molecule has 3 aromatic rings. The second-order valence-corrected chi connectivity index (χ2v) is 10.6. The molecule has 1 aliphatic carbocycles. The molecule has 1 amide bonds. The van der Waals surface area contributed by atoms with Gasteiger partial charge in [-0.1, -0.05) is 54.1 Å². The number of hydrogen-bond donors (Lipinski definition) is 1. The number of sulfonamides is 1. The minimum absolute atomic E-state index is 0.115. The molecule has 0 aliphatic heterocycles. The van der Waals surface area contributed by atoms with Crippen molar-refractivity contribution in [1.82, 2.24) is 5.32 Å². The van der Waals surface area contributed by atoms with Gasteiger partial charge in [-0.05, 0) is 79.6 Å². The predicted octanol–water partition coefficient (Wildman–Crippen LogP) is 5.21. The van der Waals surface area contributed by atoms with Gasteiger partial charge < -0.3 is 5.32 Å². The average molecular weight is 483 g/mol. The second kappa shape index (κ2) is 9.57. The summed E-state index contributed by atoms with van der Waals surface area (Å²) in [6.07, 6.45) is 3.31. The summed E-state index contributed by atoms with van der Waals surface area (Å²) >= 11 is 6.28. The topological polar surface area (TPSA) is 66.5 Å². The van der Waals surface area contributed by atoms with Crippen LogP contribution in [-0.2, 0) is 27.7 Å². The first-order valence-electron chi connectivity index (χ1n) is 11.0. The maximum atomic E-state index is 13.5. The number of anilines is 1. The number of nitrogens with zero attached hydrogens (tertiary/aromatic N) is 1. The summed E-state index contributed by atoms with van der Waals surface area (Å²) in [5.41, 5.74) is 4.69. The van der Waals surface area contributed by atoms with Crippen LogP contribution in [0.4, 0.5) is 5.69 Å². The molecule has 0 spiro atoms. The summed E-state index contributed by atoms with van der Waals surface area (Å²) in [4.78, 5) is 13.2. The van der Waals surface area contributed by atoms with E-state index in [-0.39, 0.29) is 23.4 Å². The predicted molar refractivity (Wildman–Crippen MR) is 132 cm³/mol. The lowest BCUT2D eigenvalue weighted by Crippen LogP contribution is -2.42. The molecule has 3 aromatic carbocycles. The monoisotopic (exact) mass is 482 g/mol. The van der Waals surface area contributed by atoms with Gasteiger partial charge in [-0.2, -0.15) is 0 Å². The number of aryl methyl sites for hydroxylation is 2. The van der Waals surface area contributed by atoms with E-state index in [0.29, 0.717) is 16.3 Å². The molecule has 0 radical (unpaired) electrons. The Kier molecular flexibility index (Phi) is 6.77. The van der Waals surface area contributed by atoms with Crippen molar-refractivity contribution in [3.8, 4) is 0 Å². The number of benzene rings is 3. The summed E-state index contributed by atoms with van der Waals surface area (Å²) in [7, 11) is -3.98. The van der Waals surface area contributed by atoms with Crippen molar-refractivity contribution in [3.63, 3.8) is 0 Å². The summed E-state index contributed by atoms with van der Waals surface area (Å²) in [6, 6.07) is 19.2. The molecular formula is C26H27ClN2O3S. The first-order valence-corrected chi connectivity index (χ1v) is 12.8. The third-order valence-electron chi connectivity index (χ3n) is 6.13. The fraction of sp³-hybridized carbons (Fsp3) is 0.269. The number of nitrogens with one attached hydrogen (secondary N) is 1. The maximum Gasteiger partial charge on any atom is 0.264 e. The Morgan fingerprint density at radius 2 is 1.76 bits per heavy atom. The van der Waals surface area contributed by atoms with Gasteiger partial charge in [0.15, 0.2) is 0 Å². The van der Waals surface area contributed by atoms with Gasteiger partial charge in [0.25, 0.3) is 10.0 Å². The quantitative estimate of drug-likeness (QED) is 0.502. The van der Waals surface area contributed by atoms with Crippen LogP contribution in [0.15, 0.2) is 71.6 Å². The molecule has 1 aliphatic rings. The van der Waals surface area contributed by atoms with E-state index in [1.807, 2.05) is 13.0 Å². The van der Waals surface area contributed by atoms with E-state index in [0.717, 1.165) is 29.1 Å². The number of amides is 1. The van der Waals surface area contributed by atoms with E-state index in [4.69, 9.17) is 11.6 Å². The molecule has 0 saturated heterocycles. The Morgan fingerprint density at radius 1 is 1.03 bits per heavy atom. The summed E-state index contributed by atoms with van der Waals surface area (Å²) in [5, 5.41) is 3.40. The lowest BCUT2D eigenvalue weighted by atomic mass is 10.0. The third kappa shape index (κ3) is 4.92. The highest BCUT2D eigenvalue weighted by molar-refractivity contribution is 7.92. The van der Waals surface area contributed by atoms with Crippen molar-refractivity contribution >= 4 is 33.2 Å². The SMILES string of the molecule is Cc1c(Cl)cccc1N(CC(=O)NC(C)c1ccc2c(c1)CCC2)S(=O)(=O)c1ccccc1. The molecule has 0 fully saturated rings. The van der Waals surface area contributed by atoms with E-state index in [2.05, 4.69) is 17.4 Å². The van der Waals surface area contributed by atoms with Crippen molar-refractivity contribution in [3.05, 3.63) is 94.0 Å². The van der Waals surface area contributed by atoms with Gasteiger partial charge in [-0.25, -0.2) is 8.42 Å². The minimum Gasteiger partial charge on any atom is -0.348 e. The van der Waals surface area contributed by atoms with Gasteiger partial charge in [0.05, 0.1) is 16.6 Å². The van der Waals surface area contributed by atoms with Crippen molar-refractivity contribution in [2.75, 3.05) is 10.8 Å². The van der Waals surface area contributed by atoms with E-state index in [1.165, 1.54) is 23.3 Å². The minimum atomic E-state index is -3.98. The lowest BCUT2D eigenvalue weighted by Gasteiger charge is -2.27. The molecule has 4 rings (SSSR count). The zero-order valence-corrected chi connectivity index (χ0v) is 20.3. The van der Waals surface area contributed by atoms with Crippen molar-refractivity contribution in [2.45, 2.75) is 44.0 Å². The van der Waals surface area contributed by atoms with E-state index >= 15 is 0 Å². The van der Waals surface area contributed by atoms with Crippen LogP contribution in [0, 0.1) is 6.92 Å². The van der Waals surface area contributed by atoms with Gasteiger partial charge in [-0.15, -0.1) is 0 Å². The normalized spacial score (nSPS) is 13.9. The Balaban J connectivity index is 1.61. The number of fused-ring (bicyclic) bond motifs is 1. The molecule has 0 heterocycles. The first kappa shape index (κ1) is 23.3. The van der Waals surface area contributed by atoms with Crippen LogP contribution in [-0.4, -0.2) is 20.9 Å². The molecule has 1 N–H and O–H groups in total. The molecule has 172 valence electrons. The number of rotatable bonds is 7. The highest BCUT2D eigenvalue weighted by atomic mass is 35.5. The van der Waals surface area contributed by atoms with E-state index < -0.39 is 10.0 Å². The van der Waals surface area contributed by atoms with Crippen molar-refractivity contribution < 1.29 is 13.2 Å². The zero-order chi connectivity index (χ0) is 23.6. The van der Waals surface area contributed by atoms with Crippen molar-refractivity contribution in [2.24, 2.45) is 0 Å². The van der Waals surface area contributed by atoms with Crippen molar-refractivity contribution in [1.29, 1.82) is 0 Å². The fourth-order valence-corrected chi connectivity index (χ4v) is 5.92. The molecule has 5 nitrogen and oxygen atoms in total. The summed E-state index contributed by atoms with van der Waals surface area (Å²) in [6.45, 7) is 3.30. The number of carbonyl (C=O) groups excluding carboxylic acids is 1. The number of hydrogen-bond acceptors (Lipinski definition) is 3. The number of carbonyl (C=O) groups is 1. The zero-order valence-electron chi connectivity index (χ0n) is 18.7. The molecule has 0 saturated carbocycles. The van der Waals surface area contributed by atoms with Gasteiger partial charge in [-0.3, -0.25) is 9.10 Å². The first-order chi connectivity index (χ1) is 15.8. The molecule has 33 heavy (non-hydrogen) atoms. The highest BCUT2D eigenvalue weighted by Gasteiger charge is 2.29. The second-order valence-electron chi connectivity index (χ2n) is 8.38. The van der Waals surface area contributed by atoms with Gasteiger partial charge in [0.2, 0.25) is 5.91 Å². The fourth-order valence-electron chi connectivity index (χ4n) is 4.25. The van der Waals surface area contributed by atoms with Gasteiger partial charge in [0.1, 0.15) is 6.54 Å². The van der Waals surface area contributed by atoms with Gasteiger partial charge in [0, 0.05) is 5.02 Å².